The molecular formula is C20H16ClFN6O2S. The van der Waals surface area contributed by atoms with Crippen LogP contribution in [0.1, 0.15) is 0 Å². The average molecular weight is 459 g/mol. The molecule has 2 aromatic carbocycles. The Morgan fingerprint density at radius 2 is 1.94 bits per heavy atom. The van der Waals surface area contributed by atoms with Crippen molar-refractivity contribution in [1.29, 1.82) is 0 Å². The molecule has 0 spiro atoms. The van der Waals surface area contributed by atoms with Crippen LogP contribution >= 0.6 is 23.4 Å². The van der Waals surface area contributed by atoms with Gasteiger partial charge in [0.1, 0.15) is 28.8 Å². The third kappa shape index (κ3) is 4.54. The third-order valence-electron chi connectivity index (χ3n) is 4.32. The van der Waals surface area contributed by atoms with E-state index in [1.165, 1.54) is 40.7 Å². The molecule has 158 valence electrons. The molecule has 1 amide bonds. The van der Waals surface area contributed by atoms with Gasteiger partial charge in [0.25, 0.3) is 5.89 Å². The summed E-state index contributed by atoms with van der Waals surface area (Å²) in [5, 5.41) is 12.2. The first kappa shape index (κ1) is 20.9. The lowest BCUT2D eigenvalue weighted by Crippen LogP contribution is -2.20. The summed E-state index contributed by atoms with van der Waals surface area (Å²) in [4.78, 5) is 16.8. The van der Waals surface area contributed by atoms with Gasteiger partial charge in [0, 0.05) is 16.3 Å². The molecule has 0 bridgehead atoms. The highest BCUT2D eigenvalue weighted by molar-refractivity contribution is 7.98. The molecule has 8 nitrogen and oxygen atoms in total. The standard InChI is InChI=1S/C20H16ClFN6O2S/c1-31-20-16(19-25-18(27-30-19)11-2-4-12(21)5-3-11)17(23)28(26-20)10-15(29)24-14-8-6-13(22)7-9-14/h2-9H,10,23H2,1H3,(H,24,29). The zero-order chi connectivity index (χ0) is 22.0. The Bertz CT molecular complexity index is 1220. The molecule has 0 radical (unpaired) electrons. The third-order valence-corrected chi connectivity index (χ3v) is 5.24. The summed E-state index contributed by atoms with van der Waals surface area (Å²) < 4.78 is 19.8. The molecule has 0 aliphatic rings. The van der Waals surface area contributed by atoms with Gasteiger partial charge in [-0.3, -0.25) is 4.79 Å². The van der Waals surface area contributed by atoms with Crippen molar-refractivity contribution >= 4 is 40.8 Å². The minimum absolute atomic E-state index is 0.144. The largest absolute Gasteiger partial charge is 0.383 e. The number of nitrogens with zero attached hydrogens (tertiary/aromatic N) is 4. The molecule has 0 fully saturated rings. The number of anilines is 2. The maximum Gasteiger partial charge on any atom is 0.264 e. The smallest absolute Gasteiger partial charge is 0.264 e. The molecule has 3 N–H and O–H groups in total. The maximum absolute atomic E-state index is 13.0. The number of rotatable bonds is 6. The molecule has 0 atom stereocenters. The molecule has 11 heteroatoms. The van der Waals surface area contributed by atoms with Gasteiger partial charge < -0.3 is 15.6 Å². The lowest BCUT2D eigenvalue weighted by atomic mass is 10.2. The molecule has 4 rings (SSSR count). The number of benzene rings is 2. The van der Waals surface area contributed by atoms with Gasteiger partial charge in [0.05, 0.1) is 0 Å². The Kier molecular flexibility index (Phi) is 5.92. The zero-order valence-corrected chi connectivity index (χ0v) is 17.7. The van der Waals surface area contributed by atoms with E-state index in [0.29, 0.717) is 27.1 Å². The highest BCUT2D eigenvalue weighted by Crippen LogP contribution is 2.35. The zero-order valence-electron chi connectivity index (χ0n) is 16.2. The summed E-state index contributed by atoms with van der Waals surface area (Å²) in [5.41, 5.74) is 7.90. The number of hydrogen-bond donors (Lipinski definition) is 2. The van der Waals surface area contributed by atoms with E-state index >= 15 is 0 Å². The van der Waals surface area contributed by atoms with Crippen molar-refractivity contribution in [3.63, 3.8) is 0 Å². The van der Waals surface area contributed by atoms with Crippen molar-refractivity contribution in [3.8, 4) is 22.8 Å². The second-order valence-corrected chi connectivity index (χ2v) is 7.64. The van der Waals surface area contributed by atoms with Gasteiger partial charge >= 0.3 is 0 Å². The Morgan fingerprint density at radius 3 is 2.61 bits per heavy atom. The summed E-state index contributed by atoms with van der Waals surface area (Å²) in [6.45, 7) is -0.144. The quantitative estimate of drug-likeness (QED) is 0.413. The summed E-state index contributed by atoms with van der Waals surface area (Å²) in [6.07, 6.45) is 1.82. The van der Waals surface area contributed by atoms with Crippen molar-refractivity contribution < 1.29 is 13.7 Å². The number of aromatic nitrogens is 4. The monoisotopic (exact) mass is 458 g/mol. The molecule has 0 unspecified atom stereocenters. The second kappa shape index (κ2) is 8.78. The number of amides is 1. The first-order valence-corrected chi connectivity index (χ1v) is 10.6. The minimum atomic E-state index is -0.388. The van der Waals surface area contributed by atoms with Crippen molar-refractivity contribution in [3.05, 3.63) is 59.4 Å². The van der Waals surface area contributed by atoms with Gasteiger partial charge in [-0.05, 0) is 54.8 Å². The maximum atomic E-state index is 13.0. The molecule has 31 heavy (non-hydrogen) atoms. The van der Waals surface area contributed by atoms with Gasteiger partial charge in [-0.2, -0.15) is 10.1 Å². The van der Waals surface area contributed by atoms with Crippen LogP contribution in [0.2, 0.25) is 5.02 Å². The highest BCUT2D eigenvalue weighted by atomic mass is 35.5. The molecular weight excluding hydrogens is 443 g/mol. The molecule has 0 saturated carbocycles. The van der Waals surface area contributed by atoms with Crippen LogP contribution in [0.15, 0.2) is 58.1 Å². The van der Waals surface area contributed by atoms with Crippen LogP contribution in [-0.2, 0) is 11.3 Å². The van der Waals surface area contributed by atoms with Crippen LogP contribution in [0.5, 0.6) is 0 Å². The number of thioether (sulfide) groups is 1. The van der Waals surface area contributed by atoms with Crippen molar-refractivity contribution in [2.45, 2.75) is 11.6 Å². The SMILES string of the molecule is CSc1nn(CC(=O)Nc2ccc(F)cc2)c(N)c1-c1nc(-c2ccc(Cl)cc2)no1. The molecule has 2 aromatic heterocycles. The van der Waals surface area contributed by atoms with E-state index in [1.807, 2.05) is 6.26 Å². The van der Waals surface area contributed by atoms with Crippen LogP contribution in [-0.4, -0.2) is 32.1 Å². The average Bonchev–Trinajstić information content (AvgIpc) is 3.35. The topological polar surface area (TPSA) is 112 Å². The van der Waals surface area contributed by atoms with Crippen LogP contribution in [0.4, 0.5) is 15.9 Å². The lowest BCUT2D eigenvalue weighted by Gasteiger charge is -2.06. The van der Waals surface area contributed by atoms with Gasteiger partial charge in [0.2, 0.25) is 11.7 Å². The Balaban J connectivity index is 1.58. The Hall–Kier alpha value is -3.37. The van der Waals surface area contributed by atoms with Gasteiger partial charge in [-0.15, -0.1) is 11.8 Å². The fourth-order valence-electron chi connectivity index (χ4n) is 2.83. The summed E-state index contributed by atoms with van der Waals surface area (Å²) in [6, 6.07) is 12.5. The first-order valence-electron chi connectivity index (χ1n) is 9.00. The van der Waals surface area contributed by atoms with Gasteiger partial charge in [-0.25, -0.2) is 9.07 Å². The van der Waals surface area contributed by atoms with Crippen LogP contribution in [0.3, 0.4) is 0 Å². The summed E-state index contributed by atoms with van der Waals surface area (Å²) in [7, 11) is 0. The van der Waals surface area contributed by atoms with E-state index < -0.39 is 0 Å². The number of hydrogen-bond acceptors (Lipinski definition) is 7. The number of nitrogens with two attached hydrogens (primary N) is 1. The summed E-state index contributed by atoms with van der Waals surface area (Å²) >= 11 is 7.25. The van der Waals surface area contributed by atoms with E-state index in [1.54, 1.807) is 24.3 Å². The predicted molar refractivity (Wildman–Crippen MR) is 117 cm³/mol. The van der Waals surface area contributed by atoms with Gasteiger partial charge in [0.15, 0.2) is 0 Å². The van der Waals surface area contributed by atoms with Crippen LogP contribution in [0, 0.1) is 5.82 Å². The number of nitrogens with one attached hydrogen (secondary N) is 1. The minimum Gasteiger partial charge on any atom is -0.383 e. The van der Waals surface area contributed by atoms with Gasteiger partial charge in [-0.1, -0.05) is 16.8 Å². The molecule has 0 saturated heterocycles. The molecule has 4 aromatic rings. The summed E-state index contributed by atoms with van der Waals surface area (Å²) in [5.74, 6) is 0.0234. The number of carbonyl (C=O) groups excluding carboxylic acids is 1. The van der Waals surface area contributed by atoms with E-state index in [9.17, 15) is 9.18 Å². The predicted octanol–water partition coefficient (Wildman–Crippen LogP) is 4.34. The van der Waals surface area contributed by atoms with E-state index in [-0.39, 0.29) is 30.0 Å². The number of carbonyl (C=O) groups is 1. The Labute approximate surface area is 185 Å². The van der Waals surface area contributed by atoms with E-state index in [0.717, 1.165) is 5.56 Å². The fraction of sp³-hybridized carbons (Fsp3) is 0.100. The highest BCUT2D eigenvalue weighted by Gasteiger charge is 2.23. The van der Waals surface area contributed by atoms with E-state index in [4.69, 9.17) is 21.9 Å². The molecule has 0 aliphatic carbocycles. The second-order valence-electron chi connectivity index (χ2n) is 6.41. The fourth-order valence-corrected chi connectivity index (χ4v) is 3.53. The van der Waals surface area contributed by atoms with Crippen LogP contribution in [0.25, 0.3) is 22.8 Å². The lowest BCUT2D eigenvalue weighted by molar-refractivity contribution is -0.116. The van der Waals surface area contributed by atoms with E-state index in [2.05, 4.69) is 20.6 Å². The number of halogens is 2. The number of nitrogen functional groups attached to an aromatic ring is 1. The normalized spacial score (nSPS) is 10.9. The van der Waals surface area contributed by atoms with Crippen molar-refractivity contribution in [2.24, 2.45) is 0 Å². The molecule has 2 heterocycles. The van der Waals surface area contributed by atoms with Crippen LogP contribution < -0.4 is 11.1 Å². The molecule has 0 aliphatic heterocycles. The van der Waals surface area contributed by atoms with Crippen molar-refractivity contribution in [2.75, 3.05) is 17.3 Å². The Morgan fingerprint density at radius 1 is 1.23 bits per heavy atom. The van der Waals surface area contributed by atoms with Crippen molar-refractivity contribution in [1.82, 2.24) is 19.9 Å². The first-order chi connectivity index (χ1) is 14.9.